The summed E-state index contributed by atoms with van der Waals surface area (Å²) in [5, 5.41) is 34.4. The summed E-state index contributed by atoms with van der Waals surface area (Å²) in [6.07, 6.45) is 3.26. The topological polar surface area (TPSA) is 591 Å². The van der Waals surface area contributed by atoms with Gasteiger partial charge in [0.1, 0.15) is 60.4 Å². The third-order valence-electron chi connectivity index (χ3n) is 16.3. The van der Waals surface area contributed by atoms with Crippen LogP contribution in [0.2, 0.25) is 0 Å². The van der Waals surface area contributed by atoms with Gasteiger partial charge in [0.15, 0.2) is 17.9 Å². The fourth-order valence-electron chi connectivity index (χ4n) is 10.9. The van der Waals surface area contributed by atoms with Gasteiger partial charge >= 0.3 is 5.97 Å². The molecule has 2 rings (SSSR count). The number of benzene rings is 1. The van der Waals surface area contributed by atoms with Crippen LogP contribution in [0.25, 0.3) is 0 Å². The lowest BCUT2D eigenvalue weighted by atomic mass is 9.96. The van der Waals surface area contributed by atoms with Gasteiger partial charge in [0.05, 0.1) is 6.54 Å². The molecule has 1 aliphatic heterocycles. The van der Waals surface area contributed by atoms with Crippen molar-refractivity contribution in [3.8, 4) is 0 Å². The molecule has 1 aliphatic rings. The Balaban J connectivity index is 2.60. The van der Waals surface area contributed by atoms with E-state index < -0.39 is 138 Å². The molecule has 1 aromatic carbocycles. The van der Waals surface area contributed by atoms with Gasteiger partial charge in [-0.05, 0) is 139 Å². The Morgan fingerprint density at radius 2 is 0.888 bits per heavy atom. The molecular weight excluding hydrogens is 1270 g/mol. The molecule has 1 saturated heterocycles. The first-order valence-electron chi connectivity index (χ1n) is 34.0. The van der Waals surface area contributed by atoms with E-state index >= 15 is 0 Å². The molecule has 1 heterocycles. The smallest absolute Gasteiger partial charge is 0.326 e. The average molecular weight is 1380 g/mol. The summed E-state index contributed by atoms with van der Waals surface area (Å²) in [7, 11) is 0. The van der Waals surface area contributed by atoms with Gasteiger partial charge in [-0.15, -0.1) is 0 Å². The van der Waals surface area contributed by atoms with Crippen LogP contribution in [-0.2, 0) is 59.2 Å². The number of amides is 10. The van der Waals surface area contributed by atoms with Crippen molar-refractivity contribution in [3.63, 3.8) is 0 Å². The maximum atomic E-state index is 15.0. The second-order valence-corrected chi connectivity index (χ2v) is 25.5. The van der Waals surface area contributed by atoms with E-state index in [0.29, 0.717) is 50.6 Å². The lowest BCUT2D eigenvalue weighted by Gasteiger charge is -2.32. The summed E-state index contributed by atoms with van der Waals surface area (Å²) in [5.74, 6) is -10.3. The minimum absolute atomic E-state index is 0.00931. The number of hydrogen-bond acceptors (Lipinski definition) is 17. The maximum absolute atomic E-state index is 15.0. The van der Waals surface area contributed by atoms with E-state index in [1.54, 1.807) is 44.2 Å². The summed E-state index contributed by atoms with van der Waals surface area (Å²) in [6, 6.07) is -3.86. The summed E-state index contributed by atoms with van der Waals surface area (Å²) in [6.45, 7) is 11.1. The molecule has 10 amide bonds. The number of carbonyl (C=O) groups is 11. The molecule has 1 aromatic rings. The van der Waals surface area contributed by atoms with E-state index in [1.165, 1.54) is 4.90 Å². The molecule has 34 nitrogen and oxygen atoms in total. The Bertz CT molecular complexity index is 2800. The van der Waals surface area contributed by atoms with E-state index in [1.807, 2.05) is 27.7 Å². The van der Waals surface area contributed by atoms with E-state index in [0.717, 1.165) is 0 Å². The minimum atomic E-state index is -1.43. The highest BCUT2D eigenvalue weighted by molar-refractivity contribution is 5.99. The van der Waals surface area contributed by atoms with Crippen molar-refractivity contribution in [1.82, 2.24) is 52.8 Å². The van der Waals surface area contributed by atoms with Gasteiger partial charge in [-0.3, -0.25) is 62.9 Å². The van der Waals surface area contributed by atoms with Crippen molar-refractivity contribution in [1.29, 1.82) is 0 Å². The van der Waals surface area contributed by atoms with E-state index in [2.05, 4.69) is 62.8 Å². The van der Waals surface area contributed by atoms with Gasteiger partial charge in [-0.25, -0.2) is 4.79 Å². The fourth-order valence-corrected chi connectivity index (χ4v) is 10.9. The second-order valence-electron chi connectivity index (χ2n) is 25.5. The van der Waals surface area contributed by atoms with Crippen molar-refractivity contribution in [3.05, 3.63) is 35.9 Å². The summed E-state index contributed by atoms with van der Waals surface area (Å²) < 4.78 is 0. The number of nitrogens with zero attached hydrogens (tertiary/aromatic N) is 4. The predicted molar refractivity (Wildman–Crippen MR) is 373 cm³/mol. The van der Waals surface area contributed by atoms with Crippen LogP contribution in [0.5, 0.6) is 0 Å². The van der Waals surface area contributed by atoms with Gasteiger partial charge in [-0.2, -0.15) is 0 Å². The first kappa shape index (κ1) is 85.2. The minimum Gasteiger partial charge on any atom is -0.480 e. The van der Waals surface area contributed by atoms with Crippen molar-refractivity contribution >= 4 is 82.9 Å². The zero-order valence-corrected chi connectivity index (χ0v) is 58.0. The van der Waals surface area contributed by atoms with Gasteiger partial charge in [0.25, 0.3) is 0 Å². The Morgan fingerprint density at radius 3 is 1.33 bits per heavy atom. The van der Waals surface area contributed by atoms with Gasteiger partial charge in [-0.1, -0.05) is 78.3 Å². The summed E-state index contributed by atoms with van der Waals surface area (Å²) >= 11 is 0. The molecule has 1 fully saturated rings. The highest BCUT2D eigenvalue weighted by Crippen LogP contribution is 2.22. The second kappa shape index (κ2) is 46.3. The monoisotopic (exact) mass is 1380 g/mol. The van der Waals surface area contributed by atoms with E-state index in [4.69, 9.17) is 51.6 Å². The highest BCUT2D eigenvalue weighted by atomic mass is 16.4. The Hall–Kier alpha value is -8.92. The molecule has 0 unspecified atom stereocenters. The molecular formula is C64H114N22O12. The molecule has 0 spiro atoms. The standard InChI is InChI=1S/C64H114N22O12/c1-7-39(6)51(85-54(90)43(24-16-30-75-63(70)71)78-52(88)42(23-15-29-74-62(68)69)79-55(91)46(33-37(2)3)84-57(93)48(77-50(87)36-67)35-40-19-9-8-10-20-40)59(95)81-44(25-17-31-76-64(72)73)60(96)86-32-18-26-49(86)58(94)80-41(21-11-13-27-65)53(89)83-47(34-38(4)5)56(92)82-45(61(97)98)22-12-14-28-66/h8-10,19-20,37-39,41-49,51H,7,11-18,21-36,65-67H2,1-6H3,(H,77,87)(H,78,88)(H,79,91)(H,80,94)(H,81,95)(H,82,92)(H,83,89)(H,84,93)(H,85,90)(H,97,98)(H4,68,69,74)(H4,70,71,75)(H4,72,73,76)/t39-,41-,42-,43-,44-,45-,46-,47-,48-,49-,51-/m0/s1. The lowest BCUT2D eigenvalue weighted by Crippen LogP contribution is -2.61. The zero-order chi connectivity index (χ0) is 73.4. The van der Waals surface area contributed by atoms with Crippen LogP contribution in [0.15, 0.2) is 45.3 Å². The number of likely N-dealkylation sites (tertiary alicyclic amines) is 1. The number of unbranched alkanes of at least 4 members (excludes halogenated alkanes) is 2. The maximum Gasteiger partial charge on any atom is 0.326 e. The molecule has 28 N–H and O–H groups in total. The molecule has 0 bridgehead atoms. The normalized spacial score (nSPS) is 15.7. The molecule has 34 heteroatoms. The largest absolute Gasteiger partial charge is 0.480 e. The highest BCUT2D eigenvalue weighted by Gasteiger charge is 2.41. The van der Waals surface area contributed by atoms with Crippen molar-refractivity contribution in [2.24, 2.45) is 84.3 Å². The summed E-state index contributed by atoms with van der Waals surface area (Å²) in [4.78, 5) is 168. The first-order valence-corrected chi connectivity index (χ1v) is 34.0. The fraction of sp³-hybridized carbons (Fsp3) is 0.688. The molecule has 0 radical (unpaired) electrons. The molecule has 0 aromatic heterocycles. The van der Waals surface area contributed by atoms with Crippen LogP contribution in [0.4, 0.5) is 0 Å². The van der Waals surface area contributed by atoms with Crippen molar-refractivity contribution < 1.29 is 57.8 Å². The van der Waals surface area contributed by atoms with Crippen LogP contribution >= 0.6 is 0 Å². The number of aliphatic carboxylic acids is 1. The number of carbonyl (C=O) groups excluding carboxylic acids is 10. The first-order chi connectivity index (χ1) is 46.5. The number of nitrogens with two attached hydrogens (primary N) is 9. The van der Waals surface area contributed by atoms with Crippen molar-refractivity contribution in [2.45, 2.75) is 218 Å². The third-order valence-corrected chi connectivity index (χ3v) is 16.3. The molecule has 0 aliphatic carbocycles. The van der Waals surface area contributed by atoms with Gasteiger partial charge in [0.2, 0.25) is 59.1 Å². The quantitative estimate of drug-likeness (QED) is 0.0169. The van der Waals surface area contributed by atoms with Crippen LogP contribution in [-0.4, -0.2) is 199 Å². The Labute approximate surface area is 575 Å². The number of hydrogen-bond donors (Lipinski definition) is 19. The number of aliphatic imine (C=N–C) groups is 3. The number of carboxylic acid groups (broad SMARTS) is 1. The van der Waals surface area contributed by atoms with Gasteiger partial charge < -0.3 is 109 Å². The molecule has 11 atom stereocenters. The third kappa shape index (κ3) is 32.9. The molecule has 0 saturated carbocycles. The van der Waals surface area contributed by atoms with Gasteiger partial charge in [0, 0.05) is 32.6 Å². The summed E-state index contributed by atoms with van der Waals surface area (Å²) in [5.41, 5.74) is 51.4. The number of rotatable bonds is 48. The van der Waals surface area contributed by atoms with Crippen LogP contribution in [0, 0.1) is 17.8 Å². The SMILES string of the molecule is CC[C@H](C)[C@H](NC(=O)[C@H](CCCN=C(N)N)NC(=O)[C@H](CCCN=C(N)N)NC(=O)[C@H](CC(C)C)NC(=O)[C@H](Cc1ccccc1)NC(=O)CN)C(=O)N[C@@H](CCCN=C(N)N)C(=O)N1CCC[C@H]1C(=O)N[C@@H](CCCCN)C(=O)N[C@@H](CC(C)C)C(=O)N[C@@H](CCCCN)C(=O)O. The molecule has 552 valence electrons. The number of guanidine groups is 3. The number of nitrogens with one attached hydrogen (secondary N) is 9. The Morgan fingerprint density at radius 1 is 0.490 bits per heavy atom. The Kier molecular flexibility index (Phi) is 40.3. The number of carboxylic acids is 1. The van der Waals surface area contributed by atoms with Crippen LogP contribution in [0.1, 0.15) is 156 Å². The predicted octanol–water partition coefficient (Wildman–Crippen LogP) is -3.82. The van der Waals surface area contributed by atoms with E-state index in [-0.39, 0.29) is 139 Å². The van der Waals surface area contributed by atoms with Crippen molar-refractivity contribution in [2.75, 3.05) is 45.8 Å². The zero-order valence-electron chi connectivity index (χ0n) is 58.0. The van der Waals surface area contributed by atoms with E-state index in [9.17, 15) is 57.8 Å². The average Bonchev–Trinajstić information content (AvgIpc) is 1.58. The molecule has 98 heavy (non-hydrogen) atoms. The van der Waals surface area contributed by atoms with Crippen LogP contribution < -0.4 is 99.5 Å². The van der Waals surface area contributed by atoms with Crippen LogP contribution in [0.3, 0.4) is 0 Å². The lowest BCUT2D eigenvalue weighted by molar-refractivity contribution is -0.143.